The van der Waals surface area contributed by atoms with E-state index in [4.69, 9.17) is 0 Å². The molecule has 7 heteroatoms. The van der Waals surface area contributed by atoms with Gasteiger partial charge in [-0.2, -0.15) is 0 Å². The third-order valence-electron chi connectivity index (χ3n) is 4.75. The summed E-state index contributed by atoms with van der Waals surface area (Å²) in [6.45, 7) is 2.97. The molecule has 1 unspecified atom stereocenters. The van der Waals surface area contributed by atoms with Gasteiger partial charge in [0.25, 0.3) is 5.91 Å². The molecule has 130 valence electrons. The molecule has 2 fully saturated rings. The SMILES string of the molecule is CC(=O)N(CC1CCCN1C(=O)c1cnc(N(C)C)cn1)C1CC1. The van der Waals surface area contributed by atoms with Gasteiger partial charge in [-0.05, 0) is 25.7 Å². The zero-order valence-electron chi connectivity index (χ0n) is 14.6. The van der Waals surface area contributed by atoms with Crippen LogP contribution in [-0.2, 0) is 4.79 Å². The topological polar surface area (TPSA) is 69.6 Å². The predicted octanol–water partition coefficient (Wildman–Crippen LogP) is 1.16. The Balaban J connectivity index is 1.69. The zero-order valence-corrected chi connectivity index (χ0v) is 14.6. The second-order valence-corrected chi connectivity index (χ2v) is 6.85. The first-order chi connectivity index (χ1) is 11.5. The van der Waals surface area contributed by atoms with Crippen LogP contribution in [0.3, 0.4) is 0 Å². The molecule has 0 spiro atoms. The number of carbonyl (C=O) groups is 2. The van der Waals surface area contributed by atoms with Crippen molar-refractivity contribution in [3.63, 3.8) is 0 Å². The van der Waals surface area contributed by atoms with Crippen molar-refractivity contribution in [1.29, 1.82) is 0 Å². The van der Waals surface area contributed by atoms with Gasteiger partial charge in [-0.15, -0.1) is 0 Å². The molecule has 2 heterocycles. The largest absolute Gasteiger partial charge is 0.361 e. The van der Waals surface area contributed by atoms with E-state index < -0.39 is 0 Å². The fourth-order valence-electron chi connectivity index (χ4n) is 3.25. The quantitative estimate of drug-likeness (QED) is 0.810. The lowest BCUT2D eigenvalue weighted by Crippen LogP contribution is -2.45. The minimum atomic E-state index is -0.0883. The monoisotopic (exact) mass is 331 g/mol. The number of amides is 2. The standard InChI is InChI=1S/C17H25N5O2/c1-12(23)22(13-6-7-13)11-14-5-4-8-21(14)17(24)15-9-19-16(10-18-15)20(2)3/h9-10,13-14H,4-8,11H2,1-3H3. The van der Waals surface area contributed by atoms with Crippen LogP contribution in [0.2, 0.25) is 0 Å². The summed E-state index contributed by atoms with van der Waals surface area (Å²) in [5, 5.41) is 0. The molecule has 2 aliphatic rings. The third-order valence-corrected chi connectivity index (χ3v) is 4.75. The van der Waals surface area contributed by atoms with E-state index in [-0.39, 0.29) is 17.9 Å². The first-order valence-corrected chi connectivity index (χ1v) is 8.55. The van der Waals surface area contributed by atoms with E-state index in [9.17, 15) is 9.59 Å². The van der Waals surface area contributed by atoms with Crippen LogP contribution in [0.5, 0.6) is 0 Å². The van der Waals surface area contributed by atoms with Gasteiger partial charge in [0.1, 0.15) is 11.5 Å². The Morgan fingerprint density at radius 1 is 1.21 bits per heavy atom. The molecule has 3 rings (SSSR count). The minimum Gasteiger partial charge on any atom is -0.361 e. The van der Waals surface area contributed by atoms with Crippen molar-refractivity contribution in [2.24, 2.45) is 0 Å². The summed E-state index contributed by atoms with van der Waals surface area (Å²) in [7, 11) is 3.77. The van der Waals surface area contributed by atoms with E-state index in [0.29, 0.717) is 18.3 Å². The molecule has 0 N–H and O–H groups in total. The van der Waals surface area contributed by atoms with Crippen molar-refractivity contribution in [2.75, 3.05) is 32.1 Å². The molecular weight excluding hydrogens is 306 g/mol. The van der Waals surface area contributed by atoms with Crippen molar-refractivity contribution in [3.05, 3.63) is 18.1 Å². The average molecular weight is 331 g/mol. The van der Waals surface area contributed by atoms with Crippen LogP contribution in [0.15, 0.2) is 12.4 Å². The number of anilines is 1. The van der Waals surface area contributed by atoms with Gasteiger partial charge in [-0.3, -0.25) is 9.59 Å². The highest BCUT2D eigenvalue weighted by Gasteiger charge is 2.37. The number of rotatable bonds is 5. The minimum absolute atomic E-state index is 0.0809. The molecule has 1 aliphatic heterocycles. The smallest absolute Gasteiger partial charge is 0.274 e. The zero-order chi connectivity index (χ0) is 17.3. The van der Waals surface area contributed by atoms with Crippen molar-refractivity contribution < 1.29 is 9.59 Å². The van der Waals surface area contributed by atoms with Crippen LogP contribution in [0, 0.1) is 0 Å². The molecule has 1 aliphatic carbocycles. The number of hydrogen-bond donors (Lipinski definition) is 0. The van der Waals surface area contributed by atoms with Crippen LogP contribution in [0.4, 0.5) is 5.82 Å². The highest BCUT2D eigenvalue weighted by atomic mass is 16.2. The van der Waals surface area contributed by atoms with Crippen LogP contribution >= 0.6 is 0 Å². The van der Waals surface area contributed by atoms with Gasteiger partial charge >= 0.3 is 0 Å². The van der Waals surface area contributed by atoms with Crippen molar-refractivity contribution >= 4 is 17.6 Å². The van der Waals surface area contributed by atoms with Crippen LogP contribution in [0.1, 0.15) is 43.1 Å². The number of carbonyl (C=O) groups excluding carboxylic acids is 2. The first-order valence-electron chi connectivity index (χ1n) is 8.55. The summed E-state index contributed by atoms with van der Waals surface area (Å²) in [5.74, 6) is 0.738. The van der Waals surface area contributed by atoms with Crippen molar-refractivity contribution in [3.8, 4) is 0 Å². The van der Waals surface area contributed by atoms with E-state index in [1.165, 1.54) is 6.20 Å². The summed E-state index contributed by atoms with van der Waals surface area (Å²) in [6.07, 6.45) is 7.22. The summed E-state index contributed by atoms with van der Waals surface area (Å²) in [6, 6.07) is 0.455. The molecule has 1 atom stereocenters. The highest BCUT2D eigenvalue weighted by molar-refractivity contribution is 5.92. The maximum Gasteiger partial charge on any atom is 0.274 e. The van der Waals surface area contributed by atoms with E-state index in [1.54, 1.807) is 13.1 Å². The summed E-state index contributed by atoms with van der Waals surface area (Å²) in [4.78, 5) is 38.8. The number of aromatic nitrogens is 2. The second kappa shape index (κ2) is 6.75. The molecule has 1 aromatic rings. The fourth-order valence-corrected chi connectivity index (χ4v) is 3.25. The Kier molecular flexibility index (Phi) is 4.69. The van der Waals surface area contributed by atoms with Gasteiger partial charge in [0.15, 0.2) is 0 Å². The number of nitrogens with zero attached hydrogens (tertiary/aromatic N) is 5. The third kappa shape index (κ3) is 3.49. The molecule has 1 aromatic heterocycles. The average Bonchev–Trinajstić information content (AvgIpc) is 3.29. The van der Waals surface area contributed by atoms with E-state index in [1.807, 2.05) is 28.8 Å². The Labute approximate surface area is 142 Å². The fraction of sp³-hybridized carbons (Fsp3) is 0.647. The molecular formula is C17H25N5O2. The number of likely N-dealkylation sites (tertiary alicyclic amines) is 1. The highest BCUT2D eigenvalue weighted by Crippen LogP contribution is 2.29. The van der Waals surface area contributed by atoms with Crippen LogP contribution < -0.4 is 4.90 Å². The Hall–Kier alpha value is -2.18. The summed E-state index contributed by atoms with van der Waals surface area (Å²) >= 11 is 0. The number of hydrogen-bond acceptors (Lipinski definition) is 5. The van der Waals surface area contributed by atoms with Gasteiger partial charge in [-0.1, -0.05) is 0 Å². The Bertz CT molecular complexity index is 612. The predicted molar refractivity (Wildman–Crippen MR) is 90.8 cm³/mol. The van der Waals surface area contributed by atoms with E-state index in [2.05, 4.69) is 9.97 Å². The molecule has 7 nitrogen and oxygen atoms in total. The summed E-state index contributed by atoms with van der Waals surface area (Å²) in [5.41, 5.74) is 0.369. The first kappa shape index (κ1) is 16.7. The van der Waals surface area contributed by atoms with Crippen molar-refractivity contribution in [1.82, 2.24) is 19.8 Å². The van der Waals surface area contributed by atoms with Gasteiger partial charge in [-0.25, -0.2) is 9.97 Å². The van der Waals surface area contributed by atoms with Gasteiger partial charge in [0.05, 0.1) is 12.4 Å². The molecule has 0 aromatic carbocycles. The molecule has 0 bridgehead atoms. The molecule has 0 radical (unpaired) electrons. The lowest BCUT2D eigenvalue weighted by Gasteiger charge is -2.30. The molecule has 2 amide bonds. The normalized spacial score (nSPS) is 20.1. The van der Waals surface area contributed by atoms with Crippen molar-refractivity contribution in [2.45, 2.75) is 44.7 Å². The van der Waals surface area contributed by atoms with Gasteiger partial charge < -0.3 is 14.7 Å². The van der Waals surface area contributed by atoms with Gasteiger partial charge in [0, 0.05) is 46.2 Å². The lowest BCUT2D eigenvalue weighted by atomic mass is 10.2. The van der Waals surface area contributed by atoms with E-state index in [0.717, 1.165) is 38.0 Å². The Morgan fingerprint density at radius 3 is 2.50 bits per heavy atom. The molecule has 1 saturated heterocycles. The molecule has 24 heavy (non-hydrogen) atoms. The molecule has 1 saturated carbocycles. The van der Waals surface area contributed by atoms with Gasteiger partial charge in [0.2, 0.25) is 5.91 Å². The maximum atomic E-state index is 12.8. The maximum absolute atomic E-state index is 12.8. The Morgan fingerprint density at radius 2 is 1.96 bits per heavy atom. The lowest BCUT2D eigenvalue weighted by molar-refractivity contribution is -0.130. The van der Waals surface area contributed by atoms with Crippen LogP contribution in [0.25, 0.3) is 0 Å². The second-order valence-electron chi connectivity index (χ2n) is 6.85. The van der Waals surface area contributed by atoms with E-state index >= 15 is 0 Å². The summed E-state index contributed by atoms with van der Waals surface area (Å²) < 4.78 is 0. The van der Waals surface area contributed by atoms with Crippen LogP contribution in [-0.4, -0.2) is 70.9 Å².